The van der Waals surface area contributed by atoms with E-state index in [4.69, 9.17) is 9.47 Å². The second-order valence-electron chi connectivity index (χ2n) is 11.3. The molecular weight excluding hydrogens is 380 g/mol. The molecule has 0 aliphatic heterocycles. The first-order valence-corrected chi connectivity index (χ1v) is 12.1. The Kier molecular flexibility index (Phi) is 5.52. The third-order valence-electron chi connectivity index (χ3n) is 10.2. The van der Waals surface area contributed by atoms with Crippen molar-refractivity contribution in [2.45, 2.75) is 110 Å². The molecule has 0 unspecified atom stereocenters. The molecule has 4 fully saturated rings. The lowest BCUT2D eigenvalue weighted by atomic mass is 9.44. The molecular formula is C25H40O5. The molecule has 5 nitrogen and oxygen atoms in total. The zero-order valence-electron chi connectivity index (χ0n) is 19.4. The van der Waals surface area contributed by atoms with Gasteiger partial charge in [-0.1, -0.05) is 13.8 Å². The van der Waals surface area contributed by atoms with Gasteiger partial charge in [0, 0.05) is 19.3 Å². The maximum atomic E-state index is 11.7. The maximum Gasteiger partial charge on any atom is 0.302 e. The number of ether oxygens (including phenoxy) is 2. The minimum absolute atomic E-state index is 0.0899. The monoisotopic (exact) mass is 420 g/mol. The summed E-state index contributed by atoms with van der Waals surface area (Å²) in [5.41, 5.74) is -0.816. The van der Waals surface area contributed by atoms with E-state index in [0.717, 1.165) is 44.9 Å². The fourth-order valence-corrected chi connectivity index (χ4v) is 8.63. The molecule has 0 spiro atoms. The molecule has 170 valence electrons. The Morgan fingerprint density at radius 2 is 1.63 bits per heavy atom. The number of hydrogen-bond donors (Lipinski definition) is 1. The number of fused-ring (bicyclic) bond motifs is 5. The number of esters is 2. The van der Waals surface area contributed by atoms with Crippen LogP contribution in [0, 0.1) is 34.5 Å². The molecule has 5 heteroatoms. The molecule has 0 radical (unpaired) electrons. The Morgan fingerprint density at radius 3 is 2.30 bits per heavy atom. The summed E-state index contributed by atoms with van der Waals surface area (Å²) in [5, 5.41) is 11.7. The molecule has 4 aliphatic carbocycles. The van der Waals surface area contributed by atoms with Crippen molar-refractivity contribution in [3.8, 4) is 0 Å². The Hall–Kier alpha value is -1.10. The van der Waals surface area contributed by atoms with Gasteiger partial charge in [-0.3, -0.25) is 9.59 Å². The topological polar surface area (TPSA) is 72.8 Å². The molecule has 4 aliphatic rings. The number of carbonyl (C=O) groups excluding carboxylic acids is 2. The lowest BCUT2D eigenvalue weighted by molar-refractivity contribution is -0.201. The van der Waals surface area contributed by atoms with Crippen molar-refractivity contribution in [3.63, 3.8) is 0 Å². The van der Waals surface area contributed by atoms with Crippen LogP contribution in [0.25, 0.3) is 0 Å². The summed E-state index contributed by atoms with van der Waals surface area (Å²) in [7, 11) is 0. The van der Waals surface area contributed by atoms with Gasteiger partial charge in [0.25, 0.3) is 0 Å². The molecule has 4 rings (SSSR count). The molecule has 0 saturated heterocycles. The van der Waals surface area contributed by atoms with Gasteiger partial charge in [0.05, 0.1) is 0 Å². The van der Waals surface area contributed by atoms with Crippen LogP contribution >= 0.6 is 0 Å². The van der Waals surface area contributed by atoms with Gasteiger partial charge in [-0.25, -0.2) is 0 Å². The fraction of sp³-hybridized carbons (Fsp3) is 0.920. The van der Waals surface area contributed by atoms with E-state index in [1.165, 1.54) is 26.7 Å². The van der Waals surface area contributed by atoms with Crippen molar-refractivity contribution in [1.29, 1.82) is 0 Å². The van der Waals surface area contributed by atoms with E-state index in [1.807, 2.05) is 6.92 Å². The van der Waals surface area contributed by atoms with Gasteiger partial charge in [0.1, 0.15) is 17.8 Å². The first-order valence-electron chi connectivity index (χ1n) is 12.1. The van der Waals surface area contributed by atoms with E-state index in [9.17, 15) is 14.7 Å². The third kappa shape index (κ3) is 3.22. The summed E-state index contributed by atoms with van der Waals surface area (Å²) >= 11 is 0. The van der Waals surface area contributed by atoms with E-state index in [-0.39, 0.29) is 23.5 Å². The van der Waals surface area contributed by atoms with Gasteiger partial charge in [-0.15, -0.1) is 0 Å². The predicted molar refractivity (Wildman–Crippen MR) is 113 cm³/mol. The van der Waals surface area contributed by atoms with Gasteiger partial charge in [-0.05, 0) is 93.8 Å². The zero-order valence-corrected chi connectivity index (χ0v) is 19.4. The molecule has 0 aromatic carbocycles. The Bertz CT molecular complexity index is 706. The summed E-state index contributed by atoms with van der Waals surface area (Å²) in [4.78, 5) is 23.0. The van der Waals surface area contributed by atoms with Crippen molar-refractivity contribution in [3.05, 3.63) is 0 Å². The third-order valence-corrected chi connectivity index (χ3v) is 10.2. The Labute approximate surface area is 181 Å². The van der Waals surface area contributed by atoms with Crippen LogP contribution < -0.4 is 0 Å². The van der Waals surface area contributed by atoms with E-state index >= 15 is 0 Å². The highest BCUT2D eigenvalue weighted by atomic mass is 16.6. The summed E-state index contributed by atoms with van der Waals surface area (Å²) in [6, 6.07) is 0. The van der Waals surface area contributed by atoms with Gasteiger partial charge < -0.3 is 14.6 Å². The molecule has 9 atom stereocenters. The quantitative estimate of drug-likeness (QED) is 0.673. The number of rotatable bonds is 3. The van der Waals surface area contributed by atoms with E-state index in [0.29, 0.717) is 29.1 Å². The van der Waals surface area contributed by atoms with Gasteiger partial charge in [0.2, 0.25) is 0 Å². The second kappa shape index (κ2) is 7.50. The van der Waals surface area contributed by atoms with Gasteiger partial charge in [-0.2, -0.15) is 0 Å². The molecule has 0 bridgehead atoms. The molecule has 1 N–H and O–H groups in total. The van der Waals surface area contributed by atoms with Crippen LogP contribution in [0.4, 0.5) is 0 Å². The standard InChI is InChI=1S/C25H40O5/c1-15(29-16(2)26)25(28)13-10-22-20-7-6-18-14-19(30-17(3)27)8-11-23(18,4)21(20)9-12-24(22,25)5/h15,18-22,28H,6-14H2,1-5H3/t15-,18+,19+,20+,21-,22+,23+,24+,25+/m1/s1. The Balaban J connectivity index is 1.54. The van der Waals surface area contributed by atoms with E-state index < -0.39 is 11.7 Å². The largest absolute Gasteiger partial charge is 0.463 e. The minimum atomic E-state index is -0.932. The van der Waals surface area contributed by atoms with E-state index in [1.54, 1.807) is 0 Å². The van der Waals surface area contributed by atoms with Crippen LogP contribution in [0.1, 0.15) is 92.4 Å². The van der Waals surface area contributed by atoms with Crippen LogP contribution in [-0.4, -0.2) is 34.9 Å². The smallest absolute Gasteiger partial charge is 0.302 e. The summed E-state index contributed by atoms with van der Waals surface area (Å²) in [6.07, 6.45) is 9.02. The summed E-state index contributed by atoms with van der Waals surface area (Å²) in [6.45, 7) is 9.57. The minimum Gasteiger partial charge on any atom is -0.463 e. The van der Waals surface area contributed by atoms with Crippen LogP contribution in [0.15, 0.2) is 0 Å². The first-order chi connectivity index (χ1) is 14.0. The number of aliphatic hydroxyl groups is 1. The SMILES string of the molecule is CC(=O)O[C@H]1CC[C@@]2(C)[C@@H](CC[C@H]3[C@H]2CC[C@@]2(C)[C@H]3CC[C@]2(O)[C@@H](C)OC(C)=O)C1. The van der Waals surface area contributed by atoms with E-state index in [2.05, 4.69) is 13.8 Å². The Morgan fingerprint density at radius 1 is 0.933 bits per heavy atom. The van der Waals surface area contributed by atoms with Crippen LogP contribution in [0.2, 0.25) is 0 Å². The molecule has 0 amide bonds. The molecule has 4 saturated carbocycles. The van der Waals surface area contributed by atoms with Gasteiger partial charge in [0.15, 0.2) is 0 Å². The number of carbonyl (C=O) groups is 2. The van der Waals surface area contributed by atoms with Crippen molar-refractivity contribution in [1.82, 2.24) is 0 Å². The van der Waals surface area contributed by atoms with Crippen molar-refractivity contribution < 1.29 is 24.2 Å². The van der Waals surface area contributed by atoms with Crippen LogP contribution in [0.3, 0.4) is 0 Å². The zero-order chi connectivity index (χ0) is 21.9. The van der Waals surface area contributed by atoms with Gasteiger partial charge >= 0.3 is 11.9 Å². The molecule has 0 aromatic rings. The molecule has 0 heterocycles. The summed E-state index contributed by atoms with van der Waals surface area (Å²) in [5.74, 6) is 1.96. The maximum absolute atomic E-state index is 11.7. The van der Waals surface area contributed by atoms with Crippen molar-refractivity contribution >= 4 is 11.9 Å². The molecule has 30 heavy (non-hydrogen) atoms. The van der Waals surface area contributed by atoms with Crippen LogP contribution in [0.5, 0.6) is 0 Å². The average molecular weight is 421 g/mol. The summed E-state index contributed by atoms with van der Waals surface area (Å²) < 4.78 is 11.1. The average Bonchev–Trinajstić information content (AvgIpc) is 2.93. The molecule has 0 aromatic heterocycles. The van der Waals surface area contributed by atoms with Crippen molar-refractivity contribution in [2.24, 2.45) is 34.5 Å². The fourth-order valence-electron chi connectivity index (χ4n) is 8.63. The highest BCUT2D eigenvalue weighted by molar-refractivity contribution is 5.66. The second-order valence-corrected chi connectivity index (χ2v) is 11.3. The highest BCUT2D eigenvalue weighted by Gasteiger charge is 2.66. The lowest BCUT2D eigenvalue weighted by Gasteiger charge is -2.62. The lowest BCUT2D eigenvalue weighted by Crippen LogP contribution is -2.60. The predicted octanol–water partition coefficient (Wildman–Crippen LogP) is 4.64. The highest BCUT2D eigenvalue weighted by Crippen LogP contribution is 2.68. The van der Waals surface area contributed by atoms with Crippen molar-refractivity contribution in [2.75, 3.05) is 0 Å². The van der Waals surface area contributed by atoms with Crippen LogP contribution in [-0.2, 0) is 19.1 Å². The first kappa shape index (κ1) is 22.1. The normalized spacial score (nSPS) is 48.7. The number of hydrogen-bond acceptors (Lipinski definition) is 5.